The molecule has 26 heavy (non-hydrogen) atoms. The van der Waals surface area contributed by atoms with Crippen molar-refractivity contribution in [2.45, 2.75) is 39.7 Å². The highest BCUT2D eigenvalue weighted by Crippen LogP contribution is 2.18. The highest BCUT2D eigenvalue weighted by molar-refractivity contribution is 5.97. The van der Waals surface area contributed by atoms with Gasteiger partial charge in [-0.1, -0.05) is 19.1 Å². The molecule has 1 aromatic heterocycles. The first-order chi connectivity index (χ1) is 12.4. The molecule has 0 saturated carbocycles. The number of furan rings is 1. The Balaban J connectivity index is 1.96. The number of nitrogens with one attached hydrogen (secondary N) is 2. The molecule has 0 atom stereocenters. The Morgan fingerprint density at radius 2 is 1.85 bits per heavy atom. The van der Waals surface area contributed by atoms with Gasteiger partial charge in [0.25, 0.3) is 5.91 Å². The molecule has 0 unspecified atom stereocenters. The lowest BCUT2D eigenvalue weighted by molar-refractivity contribution is -0.136. The van der Waals surface area contributed by atoms with Crippen LogP contribution in [0.3, 0.4) is 0 Å². The van der Waals surface area contributed by atoms with E-state index in [9.17, 15) is 14.4 Å². The molecule has 2 amide bonds. The zero-order valence-electron chi connectivity index (χ0n) is 14.8. The summed E-state index contributed by atoms with van der Waals surface area (Å²) in [4.78, 5) is 34.8. The van der Waals surface area contributed by atoms with E-state index in [1.165, 1.54) is 6.26 Å². The van der Waals surface area contributed by atoms with Crippen LogP contribution in [0.2, 0.25) is 0 Å². The average Bonchev–Trinajstić information content (AvgIpc) is 2.94. The van der Waals surface area contributed by atoms with Gasteiger partial charge in [0, 0.05) is 24.2 Å². The molecule has 0 aliphatic heterocycles. The van der Waals surface area contributed by atoms with Gasteiger partial charge in [-0.25, -0.2) is 0 Å². The van der Waals surface area contributed by atoms with Crippen molar-refractivity contribution in [1.29, 1.82) is 0 Å². The van der Waals surface area contributed by atoms with Gasteiger partial charge in [-0.05, 0) is 31.0 Å². The molecule has 0 saturated heterocycles. The van der Waals surface area contributed by atoms with Crippen molar-refractivity contribution in [3.05, 3.63) is 53.0 Å². The molecule has 0 radical (unpaired) electrons. The third-order valence-electron chi connectivity index (χ3n) is 3.76. The van der Waals surface area contributed by atoms with Gasteiger partial charge < -0.3 is 20.2 Å². The quantitative estimate of drug-likeness (QED) is 0.672. The second-order valence-electron chi connectivity index (χ2n) is 5.97. The van der Waals surface area contributed by atoms with E-state index in [2.05, 4.69) is 10.6 Å². The molecule has 7 nitrogen and oxygen atoms in total. The number of rotatable bonds is 8. The van der Waals surface area contributed by atoms with Crippen LogP contribution in [0.15, 0.2) is 34.9 Å². The number of carboxylic acids is 1. The Morgan fingerprint density at radius 3 is 2.46 bits per heavy atom. The van der Waals surface area contributed by atoms with Crippen LogP contribution in [0.25, 0.3) is 0 Å². The Bertz CT molecular complexity index is 793. The highest BCUT2D eigenvalue weighted by atomic mass is 16.4. The number of carbonyl (C=O) groups is 3. The Labute approximate surface area is 151 Å². The Morgan fingerprint density at radius 1 is 1.15 bits per heavy atom. The number of hydrogen-bond donors (Lipinski definition) is 3. The third-order valence-corrected chi connectivity index (χ3v) is 3.76. The largest absolute Gasteiger partial charge is 0.481 e. The summed E-state index contributed by atoms with van der Waals surface area (Å²) in [5.74, 6) is -1.33. The first-order valence-corrected chi connectivity index (χ1v) is 8.36. The fourth-order valence-electron chi connectivity index (χ4n) is 2.50. The molecule has 2 aromatic rings. The van der Waals surface area contributed by atoms with E-state index < -0.39 is 5.97 Å². The molecule has 1 heterocycles. The normalized spacial score (nSPS) is 10.4. The van der Waals surface area contributed by atoms with E-state index in [0.717, 1.165) is 12.0 Å². The van der Waals surface area contributed by atoms with Crippen LogP contribution in [0, 0.1) is 6.92 Å². The molecule has 1 aromatic carbocycles. The lowest BCUT2D eigenvalue weighted by atomic mass is 10.1. The van der Waals surface area contributed by atoms with Gasteiger partial charge in [0.1, 0.15) is 12.2 Å². The SMILES string of the molecule is CCCC(=O)Nc1ccc(CNC(=O)c2c(C)coc2CC(=O)O)cc1. The van der Waals surface area contributed by atoms with Gasteiger partial charge in [0.05, 0.1) is 11.8 Å². The highest BCUT2D eigenvalue weighted by Gasteiger charge is 2.20. The van der Waals surface area contributed by atoms with Gasteiger partial charge >= 0.3 is 5.97 Å². The lowest BCUT2D eigenvalue weighted by Gasteiger charge is -2.08. The van der Waals surface area contributed by atoms with Crippen molar-refractivity contribution < 1.29 is 23.9 Å². The maximum atomic E-state index is 12.4. The molecule has 2 rings (SSSR count). The number of amides is 2. The summed E-state index contributed by atoms with van der Waals surface area (Å²) in [6.07, 6.45) is 2.29. The van der Waals surface area contributed by atoms with Crippen molar-refractivity contribution in [2.24, 2.45) is 0 Å². The third kappa shape index (κ3) is 5.20. The molecule has 0 bridgehead atoms. The first-order valence-electron chi connectivity index (χ1n) is 8.36. The van der Waals surface area contributed by atoms with Crippen LogP contribution < -0.4 is 10.6 Å². The predicted molar refractivity (Wildman–Crippen MR) is 95.9 cm³/mol. The van der Waals surface area contributed by atoms with Crippen LogP contribution in [0.4, 0.5) is 5.69 Å². The van der Waals surface area contributed by atoms with Crippen LogP contribution in [-0.4, -0.2) is 22.9 Å². The fourth-order valence-corrected chi connectivity index (χ4v) is 2.50. The van der Waals surface area contributed by atoms with Crippen molar-refractivity contribution in [1.82, 2.24) is 5.32 Å². The second-order valence-corrected chi connectivity index (χ2v) is 5.97. The van der Waals surface area contributed by atoms with Crippen molar-refractivity contribution in [3.8, 4) is 0 Å². The molecular formula is C19H22N2O5. The Hall–Kier alpha value is -3.09. The number of carboxylic acid groups (broad SMARTS) is 1. The van der Waals surface area contributed by atoms with E-state index in [4.69, 9.17) is 9.52 Å². The lowest BCUT2D eigenvalue weighted by Crippen LogP contribution is -2.24. The minimum Gasteiger partial charge on any atom is -0.481 e. The monoisotopic (exact) mass is 358 g/mol. The number of hydrogen-bond acceptors (Lipinski definition) is 4. The summed E-state index contributed by atoms with van der Waals surface area (Å²) in [6.45, 7) is 3.91. The number of carbonyl (C=O) groups excluding carboxylic acids is 2. The summed E-state index contributed by atoms with van der Waals surface area (Å²) in [5, 5.41) is 14.4. The van der Waals surface area contributed by atoms with E-state index in [-0.39, 0.29) is 36.1 Å². The number of aliphatic carboxylic acids is 1. The van der Waals surface area contributed by atoms with Crippen molar-refractivity contribution in [3.63, 3.8) is 0 Å². The molecule has 0 spiro atoms. The van der Waals surface area contributed by atoms with Gasteiger partial charge in [-0.3, -0.25) is 14.4 Å². The summed E-state index contributed by atoms with van der Waals surface area (Å²) in [7, 11) is 0. The minimum atomic E-state index is -1.06. The number of anilines is 1. The standard InChI is InChI=1S/C19H22N2O5/c1-3-4-16(22)21-14-7-5-13(6-8-14)10-20-19(25)18-12(2)11-26-15(18)9-17(23)24/h5-8,11H,3-4,9-10H2,1-2H3,(H,20,25)(H,21,22)(H,23,24). The first kappa shape index (κ1) is 19.2. The molecule has 0 aliphatic carbocycles. The van der Waals surface area contributed by atoms with Crippen molar-refractivity contribution in [2.75, 3.05) is 5.32 Å². The average molecular weight is 358 g/mol. The second kappa shape index (κ2) is 8.84. The summed E-state index contributed by atoms with van der Waals surface area (Å²) in [6, 6.07) is 7.16. The zero-order valence-corrected chi connectivity index (χ0v) is 14.8. The molecule has 138 valence electrons. The number of benzene rings is 1. The Kier molecular flexibility index (Phi) is 6.54. The summed E-state index contributed by atoms with van der Waals surface area (Å²) < 4.78 is 5.17. The number of aryl methyl sites for hydroxylation is 1. The van der Waals surface area contributed by atoms with Gasteiger partial charge in [0.15, 0.2) is 0 Å². The zero-order chi connectivity index (χ0) is 19.1. The fraction of sp³-hybridized carbons (Fsp3) is 0.316. The maximum absolute atomic E-state index is 12.4. The summed E-state index contributed by atoms with van der Waals surface area (Å²) in [5.41, 5.74) is 2.41. The van der Waals surface area contributed by atoms with E-state index in [1.807, 2.05) is 19.1 Å². The van der Waals surface area contributed by atoms with Crippen LogP contribution in [0.1, 0.15) is 47.0 Å². The summed E-state index contributed by atoms with van der Waals surface area (Å²) >= 11 is 0. The van der Waals surface area contributed by atoms with E-state index in [1.54, 1.807) is 19.1 Å². The predicted octanol–water partition coefficient (Wildman–Crippen LogP) is 2.88. The molecule has 3 N–H and O–H groups in total. The van der Waals surface area contributed by atoms with Crippen LogP contribution in [0.5, 0.6) is 0 Å². The molecular weight excluding hydrogens is 336 g/mol. The van der Waals surface area contributed by atoms with E-state index in [0.29, 0.717) is 17.7 Å². The van der Waals surface area contributed by atoms with Crippen LogP contribution >= 0.6 is 0 Å². The van der Waals surface area contributed by atoms with Crippen LogP contribution in [-0.2, 0) is 22.6 Å². The molecule has 0 fully saturated rings. The smallest absolute Gasteiger partial charge is 0.311 e. The topological polar surface area (TPSA) is 109 Å². The van der Waals surface area contributed by atoms with Gasteiger partial charge in [-0.2, -0.15) is 0 Å². The molecule has 0 aliphatic rings. The maximum Gasteiger partial charge on any atom is 0.311 e. The van der Waals surface area contributed by atoms with Crippen molar-refractivity contribution >= 4 is 23.5 Å². The molecule has 7 heteroatoms. The van der Waals surface area contributed by atoms with Gasteiger partial charge in [0.2, 0.25) is 5.91 Å². The minimum absolute atomic E-state index is 0.0325. The van der Waals surface area contributed by atoms with E-state index >= 15 is 0 Å². The van der Waals surface area contributed by atoms with Gasteiger partial charge in [-0.15, -0.1) is 0 Å².